The zero-order valence-corrected chi connectivity index (χ0v) is 9.53. The van der Waals surface area contributed by atoms with Crippen LogP contribution in [0.1, 0.15) is 19.8 Å². The van der Waals surface area contributed by atoms with Gasteiger partial charge >= 0.3 is 12.3 Å². The number of hydrogen-bond acceptors (Lipinski definition) is 2. The van der Waals surface area contributed by atoms with Crippen molar-refractivity contribution in [3.63, 3.8) is 0 Å². The molecule has 1 aliphatic heterocycles. The van der Waals surface area contributed by atoms with Crippen LogP contribution in [0.2, 0.25) is 0 Å². The molecule has 0 aromatic rings. The van der Waals surface area contributed by atoms with Crippen LogP contribution in [0.4, 0.5) is 17.6 Å². The molecule has 1 aliphatic rings. The Labute approximate surface area is 96.9 Å². The van der Waals surface area contributed by atoms with Gasteiger partial charge in [0.15, 0.2) is 0 Å². The molecule has 0 radical (unpaired) electrons. The predicted octanol–water partition coefficient (Wildman–Crippen LogP) is 1.39. The van der Waals surface area contributed by atoms with Crippen molar-refractivity contribution < 1.29 is 22.4 Å². The third kappa shape index (κ3) is 3.55. The number of nitrogens with one attached hydrogen (secondary N) is 2. The molecule has 2 N–H and O–H groups in total. The third-order valence-corrected chi connectivity index (χ3v) is 3.06. The number of amides is 1. The number of carbonyl (C=O) groups is 1. The lowest BCUT2D eigenvalue weighted by atomic mass is 9.81. The Morgan fingerprint density at radius 2 is 1.94 bits per heavy atom. The second kappa shape index (κ2) is 5.20. The Morgan fingerprint density at radius 1 is 1.41 bits per heavy atom. The molecule has 0 atom stereocenters. The van der Waals surface area contributed by atoms with E-state index >= 15 is 0 Å². The molecule has 0 unspecified atom stereocenters. The summed E-state index contributed by atoms with van der Waals surface area (Å²) in [5.74, 6) is -6.50. The SMILES string of the molecule is CC1(CNC(=O)C(F)(F)C(F)F)CCNCC1. The van der Waals surface area contributed by atoms with Crippen molar-refractivity contribution in [1.29, 1.82) is 0 Å². The van der Waals surface area contributed by atoms with Gasteiger partial charge in [-0.25, -0.2) is 8.78 Å². The zero-order chi connectivity index (χ0) is 13.1. The quantitative estimate of drug-likeness (QED) is 0.746. The van der Waals surface area contributed by atoms with Crippen LogP contribution in [0.3, 0.4) is 0 Å². The minimum absolute atomic E-state index is 0.00414. The highest BCUT2D eigenvalue weighted by Crippen LogP contribution is 2.28. The summed E-state index contributed by atoms with van der Waals surface area (Å²) in [4.78, 5) is 10.9. The molecule has 1 heterocycles. The van der Waals surface area contributed by atoms with Crippen molar-refractivity contribution >= 4 is 5.91 Å². The lowest BCUT2D eigenvalue weighted by Crippen LogP contribution is -2.50. The van der Waals surface area contributed by atoms with Crippen LogP contribution in [-0.4, -0.2) is 37.9 Å². The third-order valence-electron chi connectivity index (χ3n) is 3.06. The van der Waals surface area contributed by atoms with E-state index in [0.717, 1.165) is 13.1 Å². The Kier molecular flexibility index (Phi) is 4.35. The number of piperidine rings is 1. The number of carbonyl (C=O) groups excluding carboxylic acids is 1. The van der Waals surface area contributed by atoms with Gasteiger partial charge in [-0.05, 0) is 31.3 Å². The van der Waals surface area contributed by atoms with E-state index in [1.807, 2.05) is 12.2 Å². The van der Waals surface area contributed by atoms with E-state index in [1.54, 1.807) is 0 Å². The lowest BCUT2D eigenvalue weighted by Gasteiger charge is -2.34. The number of rotatable bonds is 4. The summed E-state index contributed by atoms with van der Waals surface area (Å²) in [6.45, 7) is 3.31. The summed E-state index contributed by atoms with van der Waals surface area (Å²) in [7, 11) is 0. The molecule has 1 amide bonds. The molecule has 100 valence electrons. The van der Waals surface area contributed by atoms with Gasteiger partial charge in [0, 0.05) is 6.54 Å². The Bertz CT molecular complexity index is 277. The van der Waals surface area contributed by atoms with E-state index in [1.165, 1.54) is 0 Å². The van der Waals surface area contributed by atoms with E-state index in [2.05, 4.69) is 5.32 Å². The Balaban J connectivity index is 2.47. The standard InChI is InChI=1S/C10H16F4N2O/c1-9(2-4-15-5-3-9)6-16-8(17)10(13,14)7(11)12/h7,15H,2-6H2,1H3,(H,16,17). The van der Waals surface area contributed by atoms with E-state index in [0.29, 0.717) is 12.8 Å². The summed E-state index contributed by atoms with van der Waals surface area (Å²) in [6.07, 6.45) is -2.54. The molecule has 7 heteroatoms. The predicted molar refractivity (Wildman–Crippen MR) is 54.2 cm³/mol. The molecular formula is C10H16F4N2O. The van der Waals surface area contributed by atoms with Gasteiger partial charge in [-0.2, -0.15) is 8.78 Å². The van der Waals surface area contributed by atoms with E-state index in [9.17, 15) is 22.4 Å². The molecule has 3 nitrogen and oxygen atoms in total. The van der Waals surface area contributed by atoms with Crippen LogP contribution in [0, 0.1) is 5.41 Å². The molecule has 1 saturated heterocycles. The van der Waals surface area contributed by atoms with Crippen molar-refractivity contribution in [3.05, 3.63) is 0 Å². The van der Waals surface area contributed by atoms with Crippen LogP contribution in [0.5, 0.6) is 0 Å². The van der Waals surface area contributed by atoms with Gasteiger partial charge in [-0.15, -0.1) is 0 Å². The van der Waals surface area contributed by atoms with Gasteiger partial charge < -0.3 is 10.6 Å². The highest BCUT2D eigenvalue weighted by Gasteiger charge is 2.49. The molecule has 0 bridgehead atoms. The van der Waals surface area contributed by atoms with Crippen LogP contribution in [-0.2, 0) is 4.79 Å². The summed E-state index contributed by atoms with van der Waals surface area (Å²) in [5, 5.41) is 5.01. The van der Waals surface area contributed by atoms with Gasteiger partial charge in [0.1, 0.15) is 0 Å². The molecule has 17 heavy (non-hydrogen) atoms. The molecule has 0 aromatic heterocycles. The number of halogens is 4. The highest BCUT2D eigenvalue weighted by molar-refractivity contribution is 5.83. The summed E-state index contributed by atoms with van der Waals surface area (Å²) < 4.78 is 49.1. The monoisotopic (exact) mass is 256 g/mol. The molecule has 1 fully saturated rings. The fourth-order valence-corrected chi connectivity index (χ4v) is 1.72. The maximum Gasteiger partial charge on any atom is 0.383 e. The normalized spacial score (nSPS) is 20.4. The Hall–Kier alpha value is -0.850. The minimum Gasteiger partial charge on any atom is -0.350 e. The first-order chi connectivity index (χ1) is 7.78. The first kappa shape index (κ1) is 14.2. The van der Waals surface area contributed by atoms with Gasteiger partial charge in [0.05, 0.1) is 0 Å². The van der Waals surface area contributed by atoms with Gasteiger partial charge in [-0.3, -0.25) is 4.79 Å². The average molecular weight is 256 g/mol. The molecular weight excluding hydrogens is 240 g/mol. The van der Waals surface area contributed by atoms with Gasteiger partial charge in [0.2, 0.25) is 0 Å². The second-order valence-electron chi connectivity index (χ2n) is 4.67. The van der Waals surface area contributed by atoms with Crippen LogP contribution >= 0.6 is 0 Å². The van der Waals surface area contributed by atoms with Gasteiger partial charge in [0.25, 0.3) is 5.91 Å². The molecule has 0 saturated carbocycles. The van der Waals surface area contributed by atoms with Crippen molar-refractivity contribution in [2.24, 2.45) is 5.41 Å². The van der Waals surface area contributed by atoms with Crippen LogP contribution in [0.15, 0.2) is 0 Å². The summed E-state index contributed by atoms with van der Waals surface area (Å²) in [5.41, 5.74) is -0.306. The maximum absolute atomic E-state index is 12.6. The van der Waals surface area contributed by atoms with E-state index in [4.69, 9.17) is 0 Å². The number of alkyl halides is 4. The smallest absolute Gasteiger partial charge is 0.350 e. The molecule has 0 aliphatic carbocycles. The fourth-order valence-electron chi connectivity index (χ4n) is 1.72. The largest absolute Gasteiger partial charge is 0.383 e. The molecule has 0 spiro atoms. The molecule has 1 rings (SSSR count). The maximum atomic E-state index is 12.6. The van der Waals surface area contributed by atoms with Crippen molar-refractivity contribution in [1.82, 2.24) is 10.6 Å². The van der Waals surface area contributed by atoms with E-state index < -0.39 is 18.3 Å². The van der Waals surface area contributed by atoms with Crippen LogP contribution in [0.25, 0.3) is 0 Å². The second-order valence-corrected chi connectivity index (χ2v) is 4.67. The van der Waals surface area contributed by atoms with Crippen molar-refractivity contribution in [2.45, 2.75) is 32.1 Å². The Morgan fingerprint density at radius 3 is 2.41 bits per heavy atom. The first-order valence-electron chi connectivity index (χ1n) is 5.43. The molecule has 0 aromatic carbocycles. The first-order valence-corrected chi connectivity index (χ1v) is 5.43. The van der Waals surface area contributed by atoms with E-state index in [-0.39, 0.29) is 12.0 Å². The summed E-state index contributed by atoms with van der Waals surface area (Å²) >= 11 is 0. The average Bonchev–Trinajstić information content (AvgIpc) is 2.26. The van der Waals surface area contributed by atoms with Crippen LogP contribution < -0.4 is 10.6 Å². The lowest BCUT2D eigenvalue weighted by molar-refractivity contribution is -0.169. The topological polar surface area (TPSA) is 41.1 Å². The van der Waals surface area contributed by atoms with Gasteiger partial charge in [-0.1, -0.05) is 6.92 Å². The highest BCUT2D eigenvalue weighted by atomic mass is 19.3. The van der Waals surface area contributed by atoms with Crippen molar-refractivity contribution in [2.75, 3.05) is 19.6 Å². The van der Waals surface area contributed by atoms with Crippen molar-refractivity contribution in [3.8, 4) is 0 Å². The fraction of sp³-hybridized carbons (Fsp3) is 0.900. The number of hydrogen-bond donors (Lipinski definition) is 2. The minimum atomic E-state index is -4.61. The summed E-state index contributed by atoms with van der Waals surface area (Å²) in [6, 6.07) is 0. The zero-order valence-electron chi connectivity index (χ0n) is 9.53.